The van der Waals surface area contributed by atoms with Crippen molar-refractivity contribution in [3.8, 4) is 0 Å². The van der Waals surface area contributed by atoms with E-state index in [9.17, 15) is 9.59 Å². The molecule has 2 heterocycles. The first-order valence-electron chi connectivity index (χ1n) is 10.7. The Bertz CT molecular complexity index is 685. The van der Waals surface area contributed by atoms with Crippen molar-refractivity contribution < 1.29 is 14.0 Å². The third kappa shape index (κ3) is 3.41. The van der Waals surface area contributed by atoms with Crippen molar-refractivity contribution >= 4 is 11.8 Å². The fraction of sp³-hybridized carbons (Fsp3) is 0.727. The summed E-state index contributed by atoms with van der Waals surface area (Å²) in [7, 11) is 0. The number of carbonyl (C=O) groups excluding carboxylic acids is 2. The molecule has 0 spiro atoms. The van der Waals surface area contributed by atoms with Crippen molar-refractivity contribution in [2.24, 2.45) is 23.7 Å². The average molecular weight is 370 g/mol. The van der Waals surface area contributed by atoms with Gasteiger partial charge in [-0.3, -0.25) is 9.59 Å². The fourth-order valence-electron chi connectivity index (χ4n) is 6.70. The standard InChI is InChI=1S/C22H30N2O3/c25-19(23-21-16-9-14-8-15(11-16)12-17(21)10-14)3-5-22(6-4-20(26)24-22)13-18-2-1-7-27-18/h1-2,7,14-17,21H,3-6,8-13H2,(H,23,25)(H,24,26)/t14?,15?,16?,17?,21?,22-/m0/s1. The molecule has 2 amide bonds. The van der Waals surface area contributed by atoms with Crippen LogP contribution >= 0.6 is 0 Å². The van der Waals surface area contributed by atoms with E-state index in [0.29, 0.717) is 43.6 Å². The molecule has 146 valence electrons. The highest BCUT2D eigenvalue weighted by molar-refractivity contribution is 5.80. The van der Waals surface area contributed by atoms with Gasteiger partial charge in [-0.25, -0.2) is 0 Å². The Labute approximate surface area is 160 Å². The topological polar surface area (TPSA) is 71.3 Å². The fourth-order valence-corrected chi connectivity index (χ4v) is 6.70. The maximum Gasteiger partial charge on any atom is 0.220 e. The number of carbonyl (C=O) groups is 2. The Morgan fingerprint density at radius 1 is 1.19 bits per heavy atom. The minimum atomic E-state index is -0.337. The average Bonchev–Trinajstić information content (AvgIpc) is 3.26. The quantitative estimate of drug-likeness (QED) is 0.808. The van der Waals surface area contributed by atoms with Gasteiger partial charge in [0.05, 0.1) is 6.26 Å². The van der Waals surface area contributed by atoms with E-state index in [2.05, 4.69) is 10.6 Å². The van der Waals surface area contributed by atoms with Crippen molar-refractivity contribution in [2.45, 2.75) is 75.8 Å². The van der Waals surface area contributed by atoms with Crippen molar-refractivity contribution in [1.82, 2.24) is 10.6 Å². The van der Waals surface area contributed by atoms with Crippen LogP contribution in [0.2, 0.25) is 0 Å². The van der Waals surface area contributed by atoms with Gasteiger partial charge in [0, 0.05) is 30.8 Å². The van der Waals surface area contributed by atoms with E-state index in [-0.39, 0.29) is 17.4 Å². The second kappa shape index (κ2) is 6.68. The SMILES string of the molecule is O=C(CC[C@@]1(Cc2ccco2)CCC(=O)N1)NC1C2CC3CC(C2)CC1C3. The molecule has 1 atom stereocenters. The van der Waals surface area contributed by atoms with Gasteiger partial charge in [0.25, 0.3) is 0 Å². The van der Waals surface area contributed by atoms with Crippen molar-refractivity contribution in [3.05, 3.63) is 24.2 Å². The van der Waals surface area contributed by atoms with E-state index in [4.69, 9.17) is 4.42 Å². The van der Waals surface area contributed by atoms with Crippen LogP contribution in [-0.4, -0.2) is 23.4 Å². The van der Waals surface area contributed by atoms with E-state index >= 15 is 0 Å². The lowest BCUT2D eigenvalue weighted by molar-refractivity contribution is -0.126. The Hall–Kier alpha value is -1.78. The smallest absolute Gasteiger partial charge is 0.220 e. The second-order valence-electron chi connectivity index (χ2n) is 9.61. The minimum Gasteiger partial charge on any atom is -0.469 e. The lowest BCUT2D eigenvalue weighted by Crippen LogP contribution is -2.56. The second-order valence-corrected chi connectivity index (χ2v) is 9.61. The first-order valence-corrected chi connectivity index (χ1v) is 10.7. The van der Waals surface area contributed by atoms with Gasteiger partial charge >= 0.3 is 0 Å². The largest absolute Gasteiger partial charge is 0.469 e. The van der Waals surface area contributed by atoms with Crippen molar-refractivity contribution in [3.63, 3.8) is 0 Å². The normalized spacial score (nSPS) is 39.6. The summed E-state index contributed by atoms with van der Waals surface area (Å²) in [4.78, 5) is 24.6. The number of nitrogens with one attached hydrogen (secondary N) is 2. The summed E-state index contributed by atoms with van der Waals surface area (Å²) in [6.45, 7) is 0. The van der Waals surface area contributed by atoms with E-state index in [1.54, 1.807) is 6.26 Å². The molecule has 0 unspecified atom stereocenters. The molecule has 0 aromatic carbocycles. The highest BCUT2D eigenvalue weighted by Gasteiger charge is 2.48. The molecule has 1 aromatic heterocycles. The summed E-state index contributed by atoms with van der Waals surface area (Å²) in [5.41, 5.74) is -0.337. The third-order valence-electron chi connectivity index (χ3n) is 7.71. The Kier molecular flexibility index (Phi) is 4.29. The monoisotopic (exact) mass is 370 g/mol. The number of furan rings is 1. The van der Waals surface area contributed by atoms with Crippen molar-refractivity contribution in [1.29, 1.82) is 0 Å². The van der Waals surface area contributed by atoms with Gasteiger partial charge < -0.3 is 15.1 Å². The van der Waals surface area contributed by atoms with E-state index in [1.807, 2.05) is 12.1 Å². The summed E-state index contributed by atoms with van der Waals surface area (Å²) in [6, 6.07) is 4.21. The van der Waals surface area contributed by atoms with Crippen LogP contribution in [0.15, 0.2) is 22.8 Å². The van der Waals surface area contributed by atoms with E-state index < -0.39 is 0 Å². The van der Waals surface area contributed by atoms with Crippen LogP contribution in [0.3, 0.4) is 0 Å². The van der Waals surface area contributed by atoms with Gasteiger partial charge in [-0.05, 0) is 80.8 Å². The first-order chi connectivity index (χ1) is 13.1. The zero-order valence-corrected chi connectivity index (χ0v) is 15.9. The number of amides is 2. The number of rotatable bonds is 6. The lowest BCUT2D eigenvalue weighted by atomic mass is 9.54. The summed E-state index contributed by atoms with van der Waals surface area (Å²) < 4.78 is 5.50. The summed E-state index contributed by atoms with van der Waals surface area (Å²) in [5.74, 6) is 4.37. The predicted molar refractivity (Wildman–Crippen MR) is 101 cm³/mol. The maximum atomic E-state index is 12.8. The molecule has 27 heavy (non-hydrogen) atoms. The summed E-state index contributed by atoms with van der Waals surface area (Å²) >= 11 is 0. The van der Waals surface area contributed by atoms with Gasteiger partial charge in [-0.15, -0.1) is 0 Å². The van der Waals surface area contributed by atoms with Crippen molar-refractivity contribution in [2.75, 3.05) is 0 Å². The van der Waals surface area contributed by atoms with Gasteiger partial charge in [0.2, 0.25) is 11.8 Å². The Morgan fingerprint density at radius 2 is 1.93 bits per heavy atom. The van der Waals surface area contributed by atoms with Crippen LogP contribution < -0.4 is 10.6 Å². The molecule has 6 rings (SSSR count). The van der Waals surface area contributed by atoms with E-state index in [1.165, 1.54) is 32.1 Å². The predicted octanol–water partition coefficient (Wildman–Crippen LogP) is 3.19. The molecule has 5 fully saturated rings. The molecule has 5 heteroatoms. The molecule has 1 aromatic rings. The van der Waals surface area contributed by atoms with Gasteiger partial charge in [0.15, 0.2) is 0 Å². The van der Waals surface area contributed by atoms with Crippen LogP contribution in [0, 0.1) is 23.7 Å². The van der Waals surface area contributed by atoms with Gasteiger partial charge in [-0.2, -0.15) is 0 Å². The number of hydrogen-bond donors (Lipinski definition) is 2. The van der Waals surface area contributed by atoms with Crippen LogP contribution in [0.25, 0.3) is 0 Å². The molecule has 5 nitrogen and oxygen atoms in total. The highest BCUT2D eigenvalue weighted by atomic mass is 16.3. The molecule has 1 saturated heterocycles. The zero-order valence-electron chi connectivity index (χ0n) is 15.9. The third-order valence-corrected chi connectivity index (χ3v) is 7.71. The molecule has 5 aliphatic rings. The zero-order chi connectivity index (χ0) is 18.4. The molecule has 1 aliphatic heterocycles. The Balaban J connectivity index is 1.20. The van der Waals surface area contributed by atoms with Crippen LogP contribution in [0.5, 0.6) is 0 Å². The molecule has 4 saturated carbocycles. The molecular weight excluding hydrogens is 340 g/mol. The van der Waals surface area contributed by atoms with Gasteiger partial charge in [-0.1, -0.05) is 0 Å². The summed E-state index contributed by atoms with van der Waals surface area (Å²) in [6.07, 6.45) is 11.5. The van der Waals surface area contributed by atoms with E-state index in [0.717, 1.165) is 24.0 Å². The molecule has 4 aliphatic carbocycles. The lowest BCUT2D eigenvalue weighted by Gasteiger charge is -2.54. The van der Waals surface area contributed by atoms with Crippen LogP contribution in [-0.2, 0) is 16.0 Å². The van der Waals surface area contributed by atoms with Crippen LogP contribution in [0.4, 0.5) is 0 Å². The molecule has 0 radical (unpaired) electrons. The minimum absolute atomic E-state index is 0.0861. The molecular formula is C22H30N2O3. The highest BCUT2D eigenvalue weighted by Crippen LogP contribution is 2.53. The number of hydrogen-bond acceptors (Lipinski definition) is 3. The molecule has 2 N–H and O–H groups in total. The summed E-state index contributed by atoms with van der Waals surface area (Å²) in [5, 5.41) is 6.54. The first kappa shape index (κ1) is 17.3. The maximum absolute atomic E-state index is 12.8. The van der Waals surface area contributed by atoms with Crippen LogP contribution in [0.1, 0.15) is 63.5 Å². The van der Waals surface area contributed by atoms with Gasteiger partial charge in [0.1, 0.15) is 5.76 Å². The molecule has 4 bridgehead atoms. The Morgan fingerprint density at radius 3 is 2.52 bits per heavy atom.